The molecule has 0 aromatic heterocycles. The highest BCUT2D eigenvalue weighted by Gasteiger charge is 2.19. The minimum absolute atomic E-state index is 0. The van der Waals surface area contributed by atoms with Crippen LogP contribution in [0.2, 0.25) is 0 Å². The lowest BCUT2D eigenvalue weighted by Gasteiger charge is -2.14. The van der Waals surface area contributed by atoms with E-state index in [4.69, 9.17) is 10.8 Å². The van der Waals surface area contributed by atoms with E-state index < -0.39 is 18.1 Å². The van der Waals surface area contributed by atoms with E-state index in [9.17, 15) is 15.0 Å². The monoisotopic (exact) mass is 247 g/mol. The molecule has 0 aliphatic heterocycles. The topological polar surface area (TPSA) is 104 Å². The molecular weight excluding hydrogens is 234 g/mol. The number of halogens is 1. The van der Waals surface area contributed by atoms with Crippen molar-refractivity contribution in [3.8, 4) is 5.75 Å². The van der Waals surface area contributed by atoms with Crippen LogP contribution in [-0.4, -0.2) is 27.3 Å². The molecule has 0 saturated heterocycles. The second kappa shape index (κ2) is 6.32. The minimum atomic E-state index is -1.18. The Kier molecular flexibility index (Phi) is 5.81. The van der Waals surface area contributed by atoms with Crippen molar-refractivity contribution in [3.63, 3.8) is 0 Å². The van der Waals surface area contributed by atoms with Gasteiger partial charge in [0.25, 0.3) is 0 Å². The SMILES string of the molecule is Cl.NC(CC(O)c1ccccc1O)C(=O)O. The van der Waals surface area contributed by atoms with Crippen molar-refractivity contribution in [2.75, 3.05) is 0 Å². The number of rotatable bonds is 4. The smallest absolute Gasteiger partial charge is 0.320 e. The van der Waals surface area contributed by atoms with E-state index in [0.717, 1.165) is 0 Å². The van der Waals surface area contributed by atoms with Crippen LogP contribution in [-0.2, 0) is 4.79 Å². The zero-order valence-electron chi connectivity index (χ0n) is 8.41. The summed E-state index contributed by atoms with van der Waals surface area (Å²) in [7, 11) is 0. The maximum atomic E-state index is 10.5. The Bertz CT molecular complexity index is 358. The molecule has 0 amide bonds. The number of carboxylic acids is 1. The number of aliphatic hydroxyl groups is 1. The maximum absolute atomic E-state index is 10.5. The normalized spacial score (nSPS) is 13.6. The summed E-state index contributed by atoms with van der Waals surface area (Å²) in [4.78, 5) is 10.5. The highest BCUT2D eigenvalue weighted by Crippen LogP contribution is 2.26. The first-order valence-corrected chi connectivity index (χ1v) is 4.46. The average molecular weight is 248 g/mol. The molecule has 1 aromatic rings. The Morgan fingerprint density at radius 3 is 2.44 bits per heavy atom. The molecule has 0 heterocycles. The highest BCUT2D eigenvalue weighted by atomic mass is 35.5. The predicted octanol–water partition coefficient (Wildman–Crippen LogP) is 0.649. The zero-order chi connectivity index (χ0) is 11.4. The van der Waals surface area contributed by atoms with Gasteiger partial charge in [-0.1, -0.05) is 18.2 Å². The molecule has 0 saturated carbocycles. The Hall–Kier alpha value is -1.30. The third-order valence-corrected chi connectivity index (χ3v) is 2.09. The lowest BCUT2D eigenvalue weighted by Crippen LogP contribution is -2.31. The first-order chi connectivity index (χ1) is 7.02. The fourth-order valence-corrected chi connectivity index (χ4v) is 1.24. The van der Waals surface area contributed by atoms with Gasteiger partial charge in [0.05, 0.1) is 6.10 Å². The Morgan fingerprint density at radius 1 is 1.38 bits per heavy atom. The molecule has 2 unspecified atom stereocenters. The number of hydrogen-bond donors (Lipinski definition) is 4. The van der Waals surface area contributed by atoms with Crippen LogP contribution in [0.5, 0.6) is 5.75 Å². The van der Waals surface area contributed by atoms with Gasteiger partial charge in [0, 0.05) is 12.0 Å². The van der Waals surface area contributed by atoms with Gasteiger partial charge in [0.1, 0.15) is 11.8 Å². The number of carbonyl (C=O) groups is 1. The summed E-state index contributed by atoms with van der Waals surface area (Å²) in [6.07, 6.45) is -1.20. The molecule has 0 aliphatic rings. The Morgan fingerprint density at radius 2 is 1.94 bits per heavy atom. The predicted molar refractivity (Wildman–Crippen MR) is 60.5 cm³/mol. The highest BCUT2D eigenvalue weighted by molar-refractivity contribution is 5.85. The van der Waals surface area contributed by atoms with E-state index in [1.807, 2.05) is 0 Å². The molecule has 90 valence electrons. The van der Waals surface area contributed by atoms with Gasteiger partial charge >= 0.3 is 5.97 Å². The summed E-state index contributed by atoms with van der Waals surface area (Å²) >= 11 is 0. The van der Waals surface area contributed by atoms with Gasteiger partial charge < -0.3 is 21.1 Å². The molecule has 16 heavy (non-hydrogen) atoms. The van der Waals surface area contributed by atoms with Crippen LogP contribution in [0, 0.1) is 0 Å². The lowest BCUT2D eigenvalue weighted by molar-refractivity contribution is -0.139. The van der Waals surface area contributed by atoms with E-state index in [-0.39, 0.29) is 30.1 Å². The van der Waals surface area contributed by atoms with Gasteiger partial charge in [-0.2, -0.15) is 0 Å². The fourth-order valence-electron chi connectivity index (χ4n) is 1.24. The van der Waals surface area contributed by atoms with Gasteiger partial charge in [0.2, 0.25) is 0 Å². The second-order valence-electron chi connectivity index (χ2n) is 3.26. The molecule has 0 spiro atoms. The van der Waals surface area contributed by atoms with Crippen LogP contribution in [0.4, 0.5) is 0 Å². The molecule has 6 heteroatoms. The molecule has 1 aromatic carbocycles. The second-order valence-corrected chi connectivity index (χ2v) is 3.26. The summed E-state index contributed by atoms with van der Waals surface area (Å²) in [6, 6.07) is 5.06. The quantitative estimate of drug-likeness (QED) is 0.625. The van der Waals surface area contributed by atoms with Crippen molar-refractivity contribution in [2.24, 2.45) is 5.73 Å². The van der Waals surface area contributed by atoms with Gasteiger partial charge in [-0.3, -0.25) is 4.79 Å². The number of para-hydroxylation sites is 1. The molecule has 1 rings (SSSR count). The number of aliphatic hydroxyl groups excluding tert-OH is 1. The van der Waals surface area contributed by atoms with Crippen LogP contribution in [0.15, 0.2) is 24.3 Å². The first kappa shape index (κ1) is 14.7. The van der Waals surface area contributed by atoms with Gasteiger partial charge in [-0.05, 0) is 6.07 Å². The van der Waals surface area contributed by atoms with Crippen molar-refractivity contribution in [1.82, 2.24) is 0 Å². The van der Waals surface area contributed by atoms with Crippen molar-refractivity contribution in [1.29, 1.82) is 0 Å². The summed E-state index contributed by atoms with van der Waals surface area (Å²) in [5.74, 6) is -1.24. The van der Waals surface area contributed by atoms with Crippen molar-refractivity contribution in [2.45, 2.75) is 18.6 Å². The number of benzene rings is 1. The lowest BCUT2D eigenvalue weighted by atomic mass is 10.0. The van der Waals surface area contributed by atoms with Crippen molar-refractivity contribution >= 4 is 18.4 Å². The molecule has 5 N–H and O–H groups in total. The first-order valence-electron chi connectivity index (χ1n) is 4.46. The van der Waals surface area contributed by atoms with Crippen LogP contribution < -0.4 is 5.73 Å². The van der Waals surface area contributed by atoms with E-state index in [0.29, 0.717) is 0 Å². The number of aliphatic carboxylic acids is 1. The van der Waals surface area contributed by atoms with Gasteiger partial charge in [-0.15, -0.1) is 12.4 Å². The van der Waals surface area contributed by atoms with E-state index in [1.165, 1.54) is 12.1 Å². The Labute approximate surface area is 98.9 Å². The van der Waals surface area contributed by atoms with Crippen LogP contribution >= 0.6 is 12.4 Å². The third-order valence-electron chi connectivity index (χ3n) is 2.09. The standard InChI is InChI=1S/C10H13NO4.ClH/c11-7(10(14)15)5-9(13)6-3-1-2-4-8(6)12;/h1-4,7,9,12-13H,5,11H2,(H,14,15);1H. The van der Waals surface area contributed by atoms with Crippen molar-refractivity contribution < 1.29 is 20.1 Å². The molecule has 0 aliphatic carbocycles. The summed E-state index contributed by atoms with van der Waals surface area (Å²) in [5, 5.41) is 27.5. The van der Waals surface area contributed by atoms with E-state index >= 15 is 0 Å². The fraction of sp³-hybridized carbons (Fsp3) is 0.300. The summed E-state index contributed by atoms with van der Waals surface area (Å²) in [6.45, 7) is 0. The zero-order valence-corrected chi connectivity index (χ0v) is 9.22. The molecule has 0 bridgehead atoms. The van der Waals surface area contributed by atoms with Crippen LogP contribution in [0.1, 0.15) is 18.1 Å². The number of phenolic OH excluding ortho intramolecular Hbond substituents is 1. The summed E-state index contributed by atoms with van der Waals surface area (Å²) < 4.78 is 0. The molecular formula is C10H14ClNO4. The maximum Gasteiger partial charge on any atom is 0.320 e. The van der Waals surface area contributed by atoms with Crippen LogP contribution in [0.3, 0.4) is 0 Å². The summed E-state index contributed by atoms with van der Waals surface area (Å²) in [5.41, 5.74) is 5.55. The third kappa shape index (κ3) is 3.69. The van der Waals surface area contributed by atoms with E-state index in [2.05, 4.69) is 0 Å². The van der Waals surface area contributed by atoms with Gasteiger partial charge in [-0.25, -0.2) is 0 Å². The number of hydrogen-bond acceptors (Lipinski definition) is 4. The number of phenols is 1. The molecule has 5 nitrogen and oxygen atoms in total. The van der Waals surface area contributed by atoms with E-state index in [1.54, 1.807) is 12.1 Å². The van der Waals surface area contributed by atoms with Crippen molar-refractivity contribution in [3.05, 3.63) is 29.8 Å². The minimum Gasteiger partial charge on any atom is -0.508 e. The molecule has 0 fully saturated rings. The molecule has 2 atom stereocenters. The average Bonchev–Trinajstić information content (AvgIpc) is 2.18. The number of nitrogens with two attached hydrogens (primary N) is 1. The number of aromatic hydroxyl groups is 1. The van der Waals surface area contributed by atoms with Crippen LogP contribution in [0.25, 0.3) is 0 Å². The largest absolute Gasteiger partial charge is 0.508 e. The molecule has 0 radical (unpaired) electrons. The number of carboxylic acid groups (broad SMARTS) is 1. The Balaban J connectivity index is 0.00000225. The van der Waals surface area contributed by atoms with Gasteiger partial charge in [0.15, 0.2) is 0 Å².